The highest BCUT2D eigenvalue weighted by molar-refractivity contribution is 6.00. The van der Waals surface area contributed by atoms with Crippen molar-refractivity contribution < 1.29 is 19.4 Å². The average molecular weight is 487 g/mol. The van der Waals surface area contributed by atoms with Gasteiger partial charge in [-0.3, -0.25) is 4.79 Å². The maximum Gasteiger partial charge on any atom is 0.252 e. The SMILES string of the molecule is C[C@H]1OC(c2ccc(OCCCO)cc2)=N[C@@]1(Cc1ccccc1)C(=O)NCCCc1ccccc1. The highest BCUT2D eigenvalue weighted by Crippen LogP contribution is 2.33. The van der Waals surface area contributed by atoms with Crippen LogP contribution in [-0.4, -0.2) is 48.3 Å². The van der Waals surface area contributed by atoms with Crippen molar-refractivity contribution in [2.24, 2.45) is 4.99 Å². The fourth-order valence-electron chi connectivity index (χ4n) is 4.34. The van der Waals surface area contributed by atoms with Crippen molar-refractivity contribution in [2.45, 2.75) is 44.2 Å². The molecule has 1 amide bonds. The minimum Gasteiger partial charge on any atom is -0.494 e. The Bertz CT molecular complexity index is 1130. The van der Waals surface area contributed by atoms with Gasteiger partial charge in [0.1, 0.15) is 11.9 Å². The minimum absolute atomic E-state index is 0.0957. The van der Waals surface area contributed by atoms with Gasteiger partial charge in [0.15, 0.2) is 5.54 Å². The number of benzene rings is 3. The molecule has 1 aliphatic heterocycles. The number of hydrogen-bond donors (Lipinski definition) is 2. The first-order valence-electron chi connectivity index (χ1n) is 12.6. The molecular formula is C30H34N2O4. The predicted molar refractivity (Wildman–Crippen MR) is 141 cm³/mol. The van der Waals surface area contributed by atoms with E-state index in [0.717, 1.165) is 24.0 Å². The number of aliphatic hydroxyl groups is 1. The Morgan fingerprint density at radius 2 is 1.64 bits per heavy atom. The molecule has 0 fully saturated rings. The van der Waals surface area contributed by atoms with Crippen molar-refractivity contribution in [3.05, 3.63) is 102 Å². The van der Waals surface area contributed by atoms with E-state index in [9.17, 15) is 4.79 Å². The second kappa shape index (κ2) is 12.4. The number of aryl methyl sites for hydroxylation is 1. The van der Waals surface area contributed by atoms with Crippen molar-refractivity contribution in [1.82, 2.24) is 5.32 Å². The molecule has 6 heteroatoms. The third kappa shape index (κ3) is 6.32. The van der Waals surface area contributed by atoms with Gasteiger partial charge < -0.3 is 19.9 Å². The maximum absolute atomic E-state index is 13.6. The Morgan fingerprint density at radius 3 is 2.31 bits per heavy atom. The zero-order valence-corrected chi connectivity index (χ0v) is 20.7. The van der Waals surface area contributed by atoms with E-state index in [1.165, 1.54) is 5.56 Å². The van der Waals surface area contributed by atoms with Gasteiger partial charge >= 0.3 is 0 Å². The molecule has 2 atom stereocenters. The lowest BCUT2D eigenvalue weighted by molar-refractivity contribution is -0.128. The highest BCUT2D eigenvalue weighted by atomic mass is 16.5. The Balaban J connectivity index is 1.50. The van der Waals surface area contributed by atoms with Crippen LogP contribution >= 0.6 is 0 Å². The summed E-state index contributed by atoms with van der Waals surface area (Å²) in [5, 5.41) is 12.1. The molecular weight excluding hydrogens is 452 g/mol. The summed E-state index contributed by atoms with van der Waals surface area (Å²) in [5.41, 5.74) is 2.03. The molecule has 3 aromatic rings. The van der Waals surface area contributed by atoms with Gasteiger partial charge in [0.25, 0.3) is 5.91 Å². The largest absolute Gasteiger partial charge is 0.494 e. The lowest BCUT2D eigenvalue weighted by Gasteiger charge is -2.28. The zero-order valence-electron chi connectivity index (χ0n) is 20.7. The van der Waals surface area contributed by atoms with Crippen LogP contribution in [0, 0.1) is 0 Å². The van der Waals surface area contributed by atoms with Gasteiger partial charge in [0.05, 0.1) is 6.61 Å². The fourth-order valence-corrected chi connectivity index (χ4v) is 4.34. The number of hydrogen-bond acceptors (Lipinski definition) is 5. The van der Waals surface area contributed by atoms with Crippen LogP contribution in [0.5, 0.6) is 5.75 Å². The summed E-state index contributed by atoms with van der Waals surface area (Å²) in [4.78, 5) is 18.5. The molecule has 3 aromatic carbocycles. The molecule has 0 spiro atoms. The van der Waals surface area contributed by atoms with Crippen molar-refractivity contribution >= 4 is 11.8 Å². The molecule has 0 radical (unpaired) electrons. The van der Waals surface area contributed by atoms with Crippen LogP contribution in [0.4, 0.5) is 0 Å². The maximum atomic E-state index is 13.6. The van der Waals surface area contributed by atoms with Crippen molar-refractivity contribution in [2.75, 3.05) is 19.8 Å². The molecule has 6 nitrogen and oxygen atoms in total. The van der Waals surface area contributed by atoms with Crippen LogP contribution in [0.25, 0.3) is 0 Å². The number of nitrogens with one attached hydrogen (secondary N) is 1. The van der Waals surface area contributed by atoms with Gasteiger partial charge in [-0.15, -0.1) is 0 Å². The van der Waals surface area contributed by atoms with Gasteiger partial charge in [0, 0.05) is 31.6 Å². The van der Waals surface area contributed by atoms with Crippen molar-refractivity contribution in [3.63, 3.8) is 0 Å². The normalized spacial score (nSPS) is 18.8. The third-order valence-electron chi connectivity index (χ3n) is 6.41. The molecule has 0 aliphatic carbocycles. The first kappa shape index (κ1) is 25.5. The third-order valence-corrected chi connectivity index (χ3v) is 6.41. The molecule has 0 aromatic heterocycles. The lowest BCUT2D eigenvalue weighted by atomic mass is 9.86. The Morgan fingerprint density at radius 1 is 0.972 bits per heavy atom. The minimum atomic E-state index is -1.06. The summed E-state index contributed by atoms with van der Waals surface area (Å²) in [7, 11) is 0. The number of aliphatic hydroxyl groups excluding tert-OH is 1. The first-order chi connectivity index (χ1) is 17.6. The Hall–Kier alpha value is -3.64. The van der Waals surface area contributed by atoms with Crippen molar-refractivity contribution in [1.29, 1.82) is 0 Å². The molecule has 0 saturated heterocycles. The van der Waals surface area contributed by atoms with Crippen LogP contribution in [0.15, 0.2) is 89.9 Å². The summed E-state index contributed by atoms with van der Waals surface area (Å²) in [6.07, 6.45) is 2.35. The summed E-state index contributed by atoms with van der Waals surface area (Å²) < 4.78 is 11.8. The van der Waals surface area contributed by atoms with E-state index in [4.69, 9.17) is 19.6 Å². The molecule has 4 rings (SSSR count). The number of carbonyl (C=O) groups is 1. The molecule has 2 N–H and O–H groups in total. The van der Waals surface area contributed by atoms with E-state index in [1.807, 2.05) is 79.7 Å². The number of amides is 1. The van der Waals surface area contributed by atoms with Gasteiger partial charge in [-0.1, -0.05) is 60.7 Å². The van der Waals surface area contributed by atoms with Crippen LogP contribution in [0.2, 0.25) is 0 Å². The zero-order chi connectivity index (χ0) is 25.2. The Labute approximate surface area is 213 Å². The summed E-state index contributed by atoms with van der Waals surface area (Å²) in [5.74, 6) is 1.05. The molecule has 0 saturated carbocycles. The first-order valence-corrected chi connectivity index (χ1v) is 12.6. The standard InChI is InChI=1S/C30H34N2O4/c1-23-30(22-25-12-6-3-7-13-25,29(34)31-19-8-14-24-10-4-2-5-11-24)32-28(36-23)26-15-17-27(18-16-26)35-21-9-20-33/h2-7,10-13,15-18,23,33H,8-9,14,19-22H2,1H3,(H,31,34)/t23-,30-/m1/s1. The number of carbonyl (C=O) groups excluding carboxylic acids is 1. The van der Waals surface area contributed by atoms with Gasteiger partial charge in [-0.2, -0.15) is 0 Å². The average Bonchev–Trinajstić information content (AvgIpc) is 3.25. The summed E-state index contributed by atoms with van der Waals surface area (Å²) in [6.45, 7) is 3.03. The lowest BCUT2D eigenvalue weighted by Crippen LogP contribution is -2.52. The quantitative estimate of drug-likeness (QED) is 0.373. The second-order valence-electron chi connectivity index (χ2n) is 9.06. The Kier molecular flexibility index (Phi) is 8.74. The van der Waals surface area contributed by atoms with Crippen LogP contribution in [0.3, 0.4) is 0 Å². The van der Waals surface area contributed by atoms with Gasteiger partial charge in [-0.25, -0.2) is 4.99 Å². The van der Waals surface area contributed by atoms with E-state index in [-0.39, 0.29) is 12.5 Å². The van der Waals surface area contributed by atoms with Crippen molar-refractivity contribution in [3.8, 4) is 5.75 Å². The van der Waals surface area contributed by atoms with Gasteiger partial charge in [0.2, 0.25) is 5.90 Å². The molecule has 1 aliphatic rings. The topological polar surface area (TPSA) is 80.2 Å². The van der Waals surface area contributed by atoms with Gasteiger partial charge in [-0.05, 0) is 55.2 Å². The number of nitrogens with zero attached hydrogens (tertiary/aromatic N) is 1. The van der Waals surface area contributed by atoms with E-state index < -0.39 is 11.6 Å². The second-order valence-corrected chi connectivity index (χ2v) is 9.06. The predicted octanol–water partition coefficient (Wildman–Crippen LogP) is 4.34. The van der Waals surface area contributed by atoms with E-state index in [2.05, 4.69) is 17.4 Å². The molecule has 36 heavy (non-hydrogen) atoms. The number of aliphatic imine (C=N–C) groups is 1. The molecule has 188 valence electrons. The summed E-state index contributed by atoms with van der Waals surface area (Å²) >= 11 is 0. The highest BCUT2D eigenvalue weighted by Gasteiger charge is 2.50. The van der Waals surface area contributed by atoms with E-state index in [0.29, 0.717) is 37.6 Å². The fraction of sp³-hybridized carbons (Fsp3) is 0.333. The molecule has 0 unspecified atom stereocenters. The smallest absolute Gasteiger partial charge is 0.252 e. The monoisotopic (exact) mass is 486 g/mol. The summed E-state index contributed by atoms with van der Waals surface area (Å²) in [6, 6.07) is 27.7. The van der Waals surface area contributed by atoms with Crippen LogP contribution in [0.1, 0.15) is 36.5 Å². The van der Waals surface area contributed by atoms with E-state index in [1.54, 1.807) is 0 Å². The van der Waals surface area contributed by atoms with E-state index >= 15 is 0 Å². The van der Waals surface area contributed by atoms with Crippen LogP contribution in [-0.2, 0) is 22.4 Å². The molecule has 1 heterocycles. The number of rotatable bonds is 12. The molecule has 0 bridgehead atoms. The van der Waals surface area contributed by atoms with Crippen LogP contribution < -0.4 is 10.1 Å². The number of ether oxygens (including phenoxy) is 2.